The van der Waals surface area contributed by atoms with Crippen molar-refractivity contribution in [3.05, 3.63) is 158 Å². The van der Waals surface area contributed by atoms with Crippen LogP contribution in [0, 0.1) is 0 Å². The van der Waals surface area contributed by atoms with Crippen LogP contribution in [-0.4, -0.2) is 0 Å². The monoisotopic (exact) mass is 586 g/mol. The lowest BCUT2D eigenvalue weighted by Gasteiger charge is -2.11. The van der Waals surface area contributed by atoms with Crippen LogP contribution in [0.5, 0.6) is 0 Å². The quantitative estimate of drug-likeness (QED) is 0.193. The molecule has 0 bridgehead atoms. The van der Waals surface area contributed by atoms with Gasteiger partial charge in [0.2, 0.25) is 0 Å². The number of hydrogen-bond acceptors (Lipinski definition) is 1. The van der Waals surface area contributed by atoms with Gasteiger partial charge in [-0.3, -0.25) is 0 Å². The van der Waals surface area contributed by atoms with Gasteiger partial charge in [0.15, 0.2) is 0 Å². The summed E-state index contributed by atoms with van der Waals surface area (Å²) in [5, 5.41) is 7.87. The zero-order chi connectivity index (χ0) is 29.5. The highest BCUT2D eigenvalue weighted by molar-refractivity contribution is 7.26. The summed E-state index contributed by atoms with van der Waals surface area (Å²) in [6.45, 7) is 0. The van der Waals surface area contributed by atoms with Gasteiger partial charge < -0.3 is 0 Å². The maximum Gasteiger partial charge on any atom is 0.0433 e. The van der Waals surface area contributed by atoms with Crippen LogP contribution in [0.25, 0.3) is 97.4 Å². The molecule has 1 heterocycles. The Hall–Kier alpha value is -5.50. The van der Waals surface area contributed by atoms with E-state index in [-0.39, 0.29) is 0 Å². The molecule has 0 spiro atoms. The highest BCUT2D eigenvalue weighted by atomic mass is 32.1. The maximum absolute atomic E-state index is 2.38. The average molecular weight is 587 g/mol. The molecule has 0 saturated heterocycles. The number of thiophene rings is 1. The van der Waals surface area contributed by atoms with Gasteiger partial charge in [-0.2, -0.15) is 0 Å². The zero-order valence-corrected chi connectivity index (χ0v) is 25.2. The number of hydrogen-bond donors (Lipinski definition) is 0. The van der Waals surface area contributed by atoms with Crippen LogP contribution in [0.1, 0.15) is 0 Å². The van der Waals surface area contributed by atoms with Crippen molar-refractivity contribution >= 4 is 53.1 Å². The lowest BCUT2D eigenvalue weighted by atomic mass is 9.93. The Morgan fingerprint density at radius 3 is 1.78 bits per heavy atom. The fourth-order valence-electron chi connectivity index (χ4n) is 7.43. The normalized spacial score (nSPS) is 12.0. The largest absolute Gasteiger partial charge is 0.135 e. The molecular weight excluding hydrogens is 561 g/mol. The van der Waals surface area contributed by atoms with Crippen molar-refractivity contribution in [3.63, 3.8) is 0 Å². The Bertz CT molecular complexity index is 2650. The van der Waals surface area contributed by atoms with Gasteiger partial charge in [0.05, 0.1) is 0 Å². The Labute approximate surface area is 265 Å². The van der Waals surface area contributed by atoms with E-state index < -0.39 is 0 Å². The first-order valence-corrected chi connectivity index (χ1v) is 16.3. The molecule has 8 aromatic carbocycles. The van der Waals surface area contributed by atoms with E-state index in [2.05, 4.69) is 158 Å². The fourth-order valence-corrected chi connectivity index (χ4v) is 8.67. The van der Waals surface area contributed by atoms with Crippen LogP contribution in [0.2, 0.25) is 0 Å². The molecule has 0 saturated carbocycles. The maximum atomic E-state index is 2.38. The molecular formula is C44H26S. The number of fused-ring (bicyclic) bond motifs is 7. The Balaban J connectivity index is 1.04. The van der Waals surface area contributed by atoms with Crippen molar-refractivity contribution in [2.75, 3.05) is 0 Å². The minimum Gasteiger partial charge on any atom is -0.135 e. The third-order valence-corrected chi connectivity index (χ3v) is 10.8. The van der Waals surface area contributed by atoms with Gasteiger partial charge in [0.1, 0.15) is 0 Å². The van der Waals surface area contributed by atoms with E-state index in [1.165, 1.54) is 97.4 Å². The van der Waals surface area contributed by atoms with Crippen LogP contribution in [-0.2, 0) is 0 Å². The molecule has 0 atom stereocenters. The van der Waals surface area contributed by atoms with Crippen LogP contribution >= 0.6 is 11.3 Å². The first-order valence-electron chi connectivity index (χ1n) is 15.5. The summed E-state index contributed by atoms with van der Waals surface area (Å²) in [4.78, 5) is 0. The molecule has 45 heavy (non-hydrogen) atoms. The summed E-state index contributed by atoms with van der Waals surface area (Å²) >= 11 is 1.89. The molecule has 1 aliphatic carbocycles. The van der Waals surface area contributed by atoms with Crippen LogP contribution in [0.4, 0.5) is 0 Å². The molecule has 1 heteroatoms. The van der Waals surface area contributed by atoms with Gasteiger partial charge >= 0.3 is 0 Å². The third kappa shape index (κ3) is 3.78. The van der Waals surface area contributed by atoms with Gasteiger partial charge in [0, 0.05) is 20.2 Å². The fraction of sp³-hybridized carbons (Fsp3) is 0. The zero-order valence-electron chi connectivity index (χ0n) is 24.4. The molecule has 0 N–H and O–H groups in total. The molecule has 1 aliphatic rings. The van der Waals surface area contributed by atoms with Crippen LogP contribution in [0.3, 0.4) is 0 Å². The Morgan fingerprint density at radius 2 is 0.911 bits per heavy atom. The molecule has 10 rings (SSSR count). The summed E-state index contributed by atoms with van der Waals surface area (Å²) < 4.78 is 2.70. The van der Waals surface area contributed by atoms with E-state index in [0.717, 1.165) is 0 Å². The second-order valence-corrected chi connectivity index (χ2v) is 13.2. The van der Waals surface area contributed by atoms with Crippen molar-refractivity contribution in [2.24, 2.45) is 0 Å². The topological polar surface area (TPSA) is 0 Å². The van der Waals surface area contributed by atoms with Crippen LogP contribution in [0.15, 0.2) is 158 Å². The molecule has 0 unspecified atom stereocenters. The minimum atomic E-state index is 1.24. The third-order valence-electron chi connectivity index (χ3n) is 9.57. The number of benzene rings is 8. The molecule has 1 aromatic heterocycles. The second kappa shape index (κ2) is 9.50. The lowest BCUT2D eigenvalue weighted by molar-refractivity contribution is 1.62. The van der Waals surface area contributed by atoms with Crippen molar-refractivity contribution < 1.29 is 0 Å². The van der Waals surface area contributed by atoms with E-state index in [0.29, 0.717) is 0 Å². The molecule has 0 aliphatic heterocycles. The average Bonchev–Trinajstić information content (AvgIpc) is 3.65. The van der Waals surface area contributed by atoms with Crippen molar-refractivity contribution in [1.29, 1.82) is 0 Å². The molecule has 0 amide bonds. The summed E-state index contributed by atoms with van der Waals surface area (Å²) in [6, 6.07) is 58.5. The molecule has 0 nitrogen and oxygen atoms in total. The highest BCUT2D eigenvalue weighted by Crippen LogP contribution is 2.48. The molecule has 208 valence electrons. The lowest BCUT2D eigenvalue weighted by Crippen LogP contribution is -1.85. The number of rotatable bonds is 3. The molecule has 0 fully saturated rings. The van der Waals surface area contributed by atoms with Crippen molar-refractivity contribution in [1.82, 2.24) is 0 Å². The van der Waals surface area contributed by atoms with Gasteiger partial charge in [-0.15, -0.1) is 11.3 Å². The summed E-state index contributed by atoms with van der Waals surface area (Å²) in [5.41, 5.74) is 12.9. The first kappa shape index (κ1) is 24.9. The molecule has 9 aromatic rings. The predicted molar refractivity (Wildman–Crippen MR) is 195 cm³/mol. The van der Waals surface area contributed by atoms with E-state index >= 15 is 0 Å². The van der Waals surface area contributed by atoms with Gasteiger partial charge in [-0.25, -0.2) is 0 Å². The summed E-state index contributed by atoms with van der Waals surface area (Å²) in [5.74, 6) is 0. The summed E-state index contributed by atoms with van der Waals surface area (Å²) in [6.07, 6.45) is 0. The SMILES string of the molecule is c1cc(-c2ccc3cc(-c4cc5c6c(cccc6c4)-c4ccccc4-5)ccc3c2)cc(-c2cccc3c2sc2ccccc23)c1. The smallest absolute Gasteiger partial charge is 0.0433 e. The first-order chi connectivity index (χ1) is 22.3. The minimum absolute atomic E-state index is 1.24. The van der Waals surface area contributed by atoms with Crippen molar-refractivity contribution in [3.8, 4) is 55.6 Å². The van der Waals surface area contributed by atoms with E-state index in [1.807, 2.05) is 11.3 Å². The standard InChI is InChI=1S/C44H26S/c1-2-12-37-36(11-1)39-15-6-10-33-25-34(26-41(37)43(33)39)31-21-20-29-22-28(18-19-30(29)23-31)27-8-5-9-32(24-27)35-14-7-16-40-38-13-3-4-17-42(38)45-44(35)40/h1-26H. The van der Waals surface area contributed by atoms with E-state index in [4.69, 9.17) is 0 Å². The predicted octanol–water partition coefficient (Wildman–Crippen LogP) is 13.0. The van der Waals surface area contributed by atoms with E-state index in [9.17, 15) is 0 Å². The second-order valence-electron chi connectivity index (χ2n) is 12.1. The van der Waals surface area contributed by atoms with E-state index in [1.54, 1.807) is 0 Å². The Morgan fingerprint density at radius 1 is 0.311 bits per heavy atom. The van der Waals surface area contributed by atoms with Gasteiger partial charge in [-0.1, -0.05) is 121 Å². The summed E-state index contributed by atoms with van der Waals surface area (Å²) in [7, 11) is 0. The highest BCUT2D eigenvalue weighted by Gasteiger charge is 2.21. The van der Waals surface area contributed by atoms with Crippen molar-refractivity contribution in [2.45, 2.75) is 0 Å². The van der Waals surface area contributed by atoms with Gasteiger partial charge in [0.25, 0.3) is 0 Å². The van der Waals surface area contributed by atoms with Gasteiger partial charge in [-0.05, 0) is 114 Å². The Kier molecular flexibility index (Phi) is 5.25. The van der Waals surface area contributed by atoms with Crippen LogP contribution < -0.4 is 0 Å². The molecule has 0 radical (unpaired) electrons.